The highest BCUT2D eigenvalue weighted by Gasteiger charge is 2.30. The van der Waals surface area contributed by atoms with E-state index < -0.39 is 23.9 Å². The van der Waals surface area contributed by atoms with Gasteiger partial charge < -0.3 is 18.9 Å². The number of esters is 4. The Morgan fingerprint density at radius 1 is 0.447 bits per heavy atom. The smallest absolute Gasteiger partial charge is 0.346 e. The van der Waals surface area contributed by atoms with Crippen LogP contribution in [0.3, 0.4) is 0 Å². The number of ether oxygens (including phenoxy) is 4. The van der Waals surface area contributed by atoms with Crippen LogP contribution >= 0.6 is 0 Å². The van der Waals surface area contributed by atoms with E-state index >= 15 is 0 Å². The minimum atomic E-state index is -0.639. The molecular formula is C30H18O8. The van der Waals surface area contributed by atoms with Crippen molar-refractivity contribution < 1.29 is 38.1 Å². The molecule has 0 fully saturated rings. The average molecular weight is 506 g/mol. The average Bonchev–Trinajstić information content (AvgIpc) is 3.39. The molecule has 0 N–H and O–H groups in total. The molecule has 2 aliphatic rings. The van der Waals surface area contributed by atoms with E-state index in [1.165, 1.54) is 0 Å². The Morgan fingerprint density at radius 3 is 1.21 bits per heavy atom. The molecule has 0 saturated carbocycles. The monoisotopic (exact) mass is 506 g/mol. The van der Waals surface area contributed by atoms with Crippen LogP contribution in [0, 0.1) is 0 Å². The zero-order chi connectivity index (χ0) is 26.2. The van der Waals surface area contributed by atoms with Crippen LogP contribution in [0.1, 0.15) is 52.6 Å². The van der Waals surface area contributed by atoms with E-state index in [0.717, 1.165) is 22.3 Å². The van der Waals surface area contributed by atoms with Gasteiger partial charge in [0.05, 0.1) is 22.3 Å². The molecule has 2 heterocycles. The van der Waals surface area contributed by atoms with Gasteiger partial charge >= 0.3 is 23.9 Å². The van der Waals surface area contributed by atoms with Gasteiger partial charge in [0.1, 0.15) is 24.7 Å². The highest BCUT2D eigenvalue weighted by molar-refractivity contribution is 6.15. The van der Waals surface area contributed by atoms with Crippen LogP contribution in [0.2, 0.25) is 0 Å². The number of hydrogen-bond donors (Lipinski definition) is 0. The van der Waals surface area contributed by atoms with Gasteiger partial charge in [-0.2, -0.15) is 0 Å². The fourth-order valence-electron chi connectivity index (χ4n) is 4.26. The molecule has 38 heavy (non-hydrogen) atoms. The van der Waals surface area contributed by atoms with Crippen molar-refractivity contribution in [2.75, 3.05) is 0 Å². The van der Waals surface area contributed by atoms with Gasteiger partial charge in [0.25, 0.3) is 0 Å². The lowest BCUT2D eigenvalue weighted by Gasteiger charge is -2.10. The summed E-state index contributed by atoms with van der Waals surface area (Å²) in [6.07, 6.45) is 0. The fraction of sp³-hybridized carbons (Fsp3) is 0.0667. The standard InChI is InChI=1S/C30H18O8/c31-27-23-11-1-17(13-25(23)29(33)37-27)15-35-21-7-3-19(4-8-21)20-5-9-22(10-6-20)36-16-18-2-12-24-26(14-18)30(34)38-28(24)32/h1-14H,15-16H2. The zero-order valence-electron chi connectivity index (χ0n) is 19.8. The number of benzene rings is 4. The van der Waals surface area contributed by atoms with E-state index in [-0.39, 0.29) is 35.5 Å². The second-order valence-corrected chi connectivity index (χ2v) is 8.74. The Hall–Kier alpha value is -5.24. The molecule has 4 aromatic rings. The zero-order valence-corrected chi connectivity index (χ0v) is 19.8. The van der Waals surface area contributed by atoms with Crippen LogP contribution < -0.4 is 9.47 Å². The maximum absolute atomic E-state index is 11.7. The lowest BCUT2D eigenvalue weighted by atomic mass is 10.1. The van der Waals surface area contributed by atoms with Gasteiger partial charge in [-0.25, -0.2) is 19.2 Å². The highest BCUT2D eigenvalue weighted by atomic mass is 16.6. The van der Waals surface area contributed by atoms with Crippen LogP contribution in [0.4, 0.5) is 0 Å². The van der Waals surface area contributed by atoms with Gasteiger partial charge in [-0.1, -0.05) is 36.4 Å². The summed E-state index contributed by atoms with van der Waals surface area (Å²) >= 11 is 0. The van der Waals surface area contributed by atoms with E-state index in [1.807, 2.05) is 48.5 Å². The molecule has 8 nitrogen and oxygen atoms in total. The summed E-state index contributed by atoms with van der Waals surface area (Å²) in [6, 6.07) is 25.0. The molecule has 0 amide bonds. The molecule has 0 aromatic heterocycles. The third kappa shape index (κ3) is 4.39. The number of cyclic esters (lactones) is 4. The van der Waals surface area contributed by atoms with Crippen LogP contribution in [-0.2, 0) is 22.7 Å². The number of fused-ring (bicyclic) bond motifs is 2. The number of carbonyl (C=O) groups excluding carboxylic acids is 4. The van der Waals surface area contributed by atoms with Gasteiger partial charge in [0, 0.05) is 0 Å². The summed E-state index contributed by atoms with van der Waals surface area (Å²) in [5.74, 6) is -1.21. The third-order valence-electron chi connectivity index (χ3n) is 6.27. The molecule has 0 bridgehead atoms. The van der Waals surface area contributed by atoms with Crippen molar-refractivity contribution in [2.45, 2.75) is 13.2 Å². The Kier molecular flexibility index (Phi) is 5.69. The molecule has 0 spiro atoms. The summed E-state index contributed by atoms with van der Waals surface area (Å²) in [4.78, 5) is 46.6. The topological polar surface area (TPSA) is 105 Å². The van der Waals surface area contributed by atoms with Crippen LogP contribution in [0.5, 0.6) is 11.5 Å². The van der Waals surface area contributed by atoms with Gasteiger partial charge in [0.15, 0.2) is 0 Å². The minimum Gasteiger partial charge on any atom is -0.489 e. The Morgan fingerprint density at radius 2 is 0.816 bits per heavy atom. The largest absolute Gasteiger partial charge is 0.489 e. The van der Waals surface area contributed by atoms with Gasteiger partial charge in [-0.15, -0.1) is 0 Å². The molecular weight excluding hydrogens is 488 g/mol. The van der Waals surface area contributed by atoms with Crippen molar-refractivity contribution in [1.29, 1.82) is 0 Å². The predicted octanol–water partition coefficient (Wildman–Crippen LogP) is 5.13. The van der Waals surface area contributed by atoms with Crippen LogP contribution in [0.25, 0.3) is 11.1 Å². The maximum Gasteiger partial charge on any atom is 0.346 e. The first-order valence-corrected chi connectivity index (χ1v) is 11.7. The predicted molar refractivity (Wildman–Crippen MR) is 133 cm³/mol. The lowest BCUT2D eigenvalue weighted by Crippen LogP contribution is -1.99. The number of rotatable bonds is 7. The quantitative estimate of drug-likeness (QED) is 0.251. The third-order valence-corrected chi connectivity index (χ3v) is 6.27. The molecule has 0 radical (unpaired) electrons. The summed E-state index contributed by atoms with van der Waals surface area (Å²) in [6.45, 7) is 0.476. The normalized spacial score (nSPS) is 13.6. The first-order chi connectivity index (χ1) is 18.4. The van der Waals surface area contributed by atoms with E-state index in [9.17, 15) is 19.2 Å². The van der Waals surface area contributed by atoms with Crippen LogP contribution in [0.15, 0.2) is 84.9 Å². The second kappa shape index (κ2) is 9.33. The fourth-order valence-corrected chi connectivity index (χ4v) is 4.26. The van der Waals surface area contributed by atoms with Crippen molar-refractivity contribution in [3.05, 3.63) is 118 Å². The van der Waals surface area contributed by atoms with E-state index in [1.54, 1.807) is 36.4 Å². The molecule has 0 saturated heterocycles. The van der Waals surface area contributed by atoms with E-state index in [4.69, 9.17) is 9.47 Å². The SMILES string of the molecule is O=C1OC(=O)c2cc(COc3ccc(-c4ccc(OCc5ccc6c(c5)C(=O)OC6=O)cc4)cc3)ccc21. The lowest BCUT2D eigenvalue weighted by molar-refractivity contribution is 0.0425. The molecule has 186 valence electrons. The molecule has 4 aromatic carbocycles. The van der Waals surface area contributed by atoms with Crippen molar-refractivity contribution in [2.24, 2.45) is 0 Å². The molecule has 0 unspecified atom stereocenters. The second-order valence-electron chi connectivity index (χ2n) is 8.74. The Bertz CT molecular complexity index is 1490. The molecule has 0 atom stereocenters. The number of hydrogen-bond acceptors (Lipinski definition) is 8. The van der Waals surface area contributed by atoms with E-state index in [2.05, 4.69) is 9.47 Å². The van der Waals surface area contributed by atoms with Crippen molar-refractivity contribution >= 4 is 23.9 Å². The minimum absolute atomic E-state index is 0.238. The summed E-state index contributed by atoms with van der Waals surface area (Å²) in [7, 11) is 0. The van der Waals surface area contributed by atoms with Gasteiger partial charge in [-0.05, 0) is 70.8 Å². The van der Waals surface area contributed by atoms with Gasteiger partial charge in [-0.3, -0.25) is 0 Å². The molecule has 0 aliphatic carbocycles. The number of carbonyl (C=O) groups is 4. The molecule has 2 aliphatic heterocycles. The maximum atomic E-state index is 11.7. The first kappa shape index (κ1) is 23.2. The highest BCUT2D eigenvalue weighted by Crippen LogP contribution is 2.27. The van der Waals surface area contributed by atoms with Crippen molar-refractivity contribution in [3.63, 3.8) is 0 Å². The first-order valence-electron chi connectivity index (χ1n) is 11.7. The van der Waals surface area contributed by atoms with Crippen LogP contribution in [-0.4, -0.2) is 23.9 Å². The Labute approximate surface area is 216 Å². The Balaban J connectivity index is 1.06. The molecule has 6 rings (SSSR count). The summed E-state index contributed by atoms with van der Waals surface area (Å²) in [5.41, 5.74) is 4.54. The summed E-state index contributed by atoms with van der Waals surface area (Å²) in [5, 5.41) is 0. The van der Waals surface area contributed by atoms with Gasteiger partial charge in [0.2, 0.25) is 0 Å². The van der Waals surface area contributed by atoms with E-state index in [0.29, 0.717) is 11.5 Å². The molecule has 8 heteroatoms. The van der Waals surface area contributed by atoms with Crippen molar-refractivity contribution in [1.82, 2.24) is 0 Å². The van der Waals surface area contributed by atoms with Crippen molar-refractivity contribution in [3.8, 4) is 22.6 Å². The summed E-state index contributed by atoms with van der Waals surface area (Å²) < 4.78 is 20.9.